The minimum absolute atomic E-state index is 0.145. The molecule has 0 aliphatic carbocycles. The largest absolute Gasteiger partial charge is 0.335 e. The molecule has 0 radical (unpaired) electrons. The summed E-state index contributed by atoms with van der Waals surface area (Å²) in [5.74, 6) is -1.46. The van der Waals surface area contributed by atoms with Crippen molar-refractivity contribution in [1.29, 1.82) is 0 Å². The third-order valence-corrected chi connectivity index (χ3v) is 2.56. The monoisotopic (exact) mass is 265 g/mol. The zero-order chi connectivity index (χ0) is 14.4. The fourth-order valence-corrected chi connectivity index (χ4v) is 1.54. The third-order valence-electron chi connectivity index (χ3n) is 2.56. The highest BCUT2D eigenvalue weighted by Gasteiger charge is 2.19. The van der Waals surface area contributed by atoms with Gasteiger partial charge in [-0.1, -0.05) is 6.07 Å². The lowest BCUT2D eigenvalue weighted by Crippen LogP contribution is -2.39. The summed E-state index contributed by atoms with van der Waals surface area (Å²) in [6, 6.07) is 5.44. The maximum absolute atomic E-state index is 11.7. The van der Waals surface area contributed by atoms with Crippen molar-refractivity contribution in [3.63, 3.8) is 0 Å². The Morgan fingerprint density at radius 2 is 1.95 bits per heavy atom. The molecule has 7 nitrogen and oxygen atoms in total. The fraction of sp³-hybridized carbons (Fsp3) is 0.333. The maximum atomic E-state index is 11.7. The van der Waals surface area contributed by atoms with Crippen LogP contribution < -0.4 is 5.32 Å². The van der Waals surface area contributed by atoms with Gasteiger partial charge in [0.05, 0.1) is 4.92 Å². The molecule has 0 aliphatic rings. The molecule has 0 fully saturated rings. The zero-order valence-corrected chi connectivity index (χ0v) is 10.8. The van der Waals surface area contributed by atoms with E-state index in [2.05, 4.69) is 5.32 Å². The molecule has 0 aliphatic heterocycles. The van der Waals surface area contributed by atoms with Crippen molar-refractivity contribution in [2.75, 3.05) is 18.4 Å². The van der Waals surface area contributed by atoms with Gasteiger partial charge in [0.1, 0.15) is 0 Å². The molecule has 0 saturated carbocycles. The molecule has 1 aromatic carbocycles. The average Bonchev–Trinajstić information content (AvgIpc) is 2.40. The molecule has 0 bridgehead atoms. The molecular formula is C12H15N3O4. The predicted molar refractivity (Wildman–Crippen MR) is 69.7 cm³/mol. The second-order valence-electron chi connectivity index (χ2n) is 3.74. The van der Waals surface area contributed by atoms with Crippen molar-refractivity contribution in [3.05, 3.63) is 34.4 Å². The number of carbonyl (C=O) groups is 2. The van der Waals surface area contributed by atoms with Crippen molar-refractivity contribution < 1.29 is 14.5 Å². The van der Waals surface area contributed by atoms with Gasteiger partial charge in [-0.15, -0.1) is 0 Å². The average molecular weight is 265 g/mol. The molecule has 1 rings (SSSR count). The molecule has 0 atom stereocenters. The quantitative estimate of drug-likeness (QED) is 0.506. The Labute approximate surface area is 110 Å². The minimum atomic E-state index is -0.802. The van der Waals surface area contributed by atoms with Crippen molar-refractivity contribution in [2.45, 2.75) is 13.8 Å². The van der Waals surface area contributed by atoms with E-state index in [0.29, 0.717) is 13.1 Å². The number of hydrogen-bond donors (Lipinski definition) is 1. The summed E-state index contributed by atoms with van der Waals surface area (Å²) in [5.41, 5.74) is 0.0767. The molecule has 0 unspecified atom stereocenters. The van der Waals surface area contributed by atoms with Gasteiger partial charge in [-0.2, -0.15) is 0 Å². The Hall–Kier alpha value is -2.44. The molecular weight excluding hydrogens is 250 g/mol. The van der Waals surface area contributed by atoms with Gasteiger partial charge < -0.3 is 10.2 Å². The number of hydrogen-bond acceptors (Lipinski definition) is 4. The molecule has 1 aromatic rings. The lowest BCUT2D eigenvalue weighted by molar-refractivity contribution is -0.384. The number of nitrogens with one attached hydrogen (secondary N) is 1. The lowest BCUT2D eigenvalue weighted by Gasteiger charge is -2.17. The van der Waals surface area contributed by atoms with Crippen LogP contribution in [-0.2, 0) is 9.59 Å². The van der Waals surface area contributed by atoms with Gasteiger partial charge in [0.2, 0.25) is 0 Å². The van der Waals surface area contributed by atoms with Crippen LogP contribution in [0.2, 0.25) is 0 Å². The molecule has 1 N–H and O–H groups in total. The van der Waals surface area contributed by atoms with Crippen LogP contribution in [0.25, 0.3) is 0 Å². The Bertz CT molecular complexity index is 498. The summed E-state index contributed by atoms with van der Waals surface area (Å²) < 4.78 is 0. The van der Waals surface area contributed by atoms with E-state index in [0.717, 1.165) is 0 Å². The number of amides is 2. The molecule has 102 valence electrons. The zero-order valence-electron chi connectivity index (χ0n) is 10.8. The van der Waals surface area contributed by atoms with Crippen LogP contribution in [0.1, 0.15) is 13.8 Å². The van der Waals surface area contributed by atoms with Crippen molar-refractivity contribution in [1.82, 2.24) is 4.90 Å². The van der Waals surface area contributed by atoms with E-state index in [1.807, 2.05) is 0 Å². The Balaban J connectivity index is 2.79. The van der Waals surface area contributed by atoms with Gasteiger partial charge in [-0.3, -0.25) is 19.7 Å². The normalized spacial score (nSPS) is 9.79. The highest BCUT2D eigenvalue weighted by molar-refractivity contribution is 6.39. The van der Waals surface area contributed by atoms with Crippen LogP contribution in [0.3, 0.4) is 0 Å². The summed E-state index contributed by atoms with van der Waals surface area (Å²) in [6.45, 7) is 4.39. The number of rotatable bonds is 4. The Kier molecular flexibility index (Phi) is 4.99. The number of anilines is 1. The first-order valence-corrected chi connectivity index (χ1v) is 5.84. The van der Waals surface area contributed by atoms with Gasteiger partial charge in [0.25, 0.3) is 5.69 Å². The Morgan fingerprint density at radius 1 is 1.32 bits per heavy atom. The molecule has 0 aromatic heterocycles. The van der Waals surface area contributed by atoms with Crippen LogP contribution in [0.5, 0.6) is 0 Å². The van der Waals surface area contributed by atoms with E-state index >= 15 is 0 Å². The van der Waals surface area contributed by atoms with Crippen LogP contribution in [-0.4, -0.2) is 34.7 Å². The van der Waals surface area contributed by atoms with Gasteiger partial charge >= 0.3 is 11.8 Å². The summed E-state index contributed by atoms with van der Waals surface area (Å²) in [7, 11) is 0. The number of non-ortho nitro benzene ring substituents is 1. The summed E-state index contributed by atoms with van der Waals surface area (Å²) >= 11 is 0. The van der Waals surface area contributed by atoms with Crippen molar-refractivity contribution in [3.8, 4) is 0 Å². The molecule has 0 saturated heterocycles. The highest BCUT2D eigenvalue weighted by atomic mass is 16.6. The molecule has 7 heteroatoms. The number of nitro benzene ring substituents is 1. The summed E-state index contributed by atoms with van der Waals surface area (Å²) in [4.78, 5) is 34.8. The first-order valence-electron chi connectivity index (χ1n) is 5.84. The van der Waals surface area contributed by atoms with E-state index in [4.69, 9.17) is 0 Å². The SMILES string of the molecule is CCN(CC)C(=O)C(=O)Nc1cccc([N+](=O)[O-])c1. The number of benzene rings is 1. The van der Waals surface area contributed by atoms with E-state index in [1.54, 1.807) is 13.8 Å². The number of carbonyl (C=O) groups excluding carboxylic acids is 2. The smallest absolute Gasteiger partial charge is 0.313 e. The van der Waals surface area contributed by atoms with Crippen molar-refractivity contribution >= 4 is 23.2 Å². The summed E-state index contributed by atoms with van der Waals surface area (Å²) in [6.07, 6.45) is 0. The molecule has 0 spiro atoms. The first-order chi connectivity index (χ1) is 8.99. The first kappa shape index (κ1) is 14.6. The molecule has 2 amide bonds. The standard InChI is InChI=1S/C12H15N3O4/c1-3-14(4-2)12(17)11(16)13-9-6-5-7-10(8-9)15(18)19/h5-8H,3-4H2,1-2H3,(H,13,16). The highest BCUT2D eigenvalue weighted by Crippen LogP contribution is 2.16. The molecule has 0 heterocycles. The minimum Gasteiger partial charge on any atom is -0.335 e. The van der Waals surface area contributed by atoms with E-state index in [-0.39, 0.29) is 11.4 Å². The number of nitrogens with zero attached hydrogens (tertiary/aromatic N) is 2. The van der Waals surface area contributed by atoms with Crippen LogP contribution in [0.4, 0.5) is 11.4 Å². The van der Waals surface area contributed by atoms with Crippen LogP contribution in [0, 0.1) is 10.1 Å². The number of nitro groups is 1. The van der Waals surface area contributed by atoms with Crippen LogP contribution in [0.15, 0.2) is 24.3 Å². The van der Waals surface area contributed by atoms with Gasteiger partial charge in [0.15, 0.2) is 0 Å². The second-order valence-corrected chi connectivity index (χ2v) is 3.74. The van der Waals surface area contributed by atoms with E-state index in [1.165, 1.54) is 29.2 Å². The fourth-order valence-electron chi connectivity index (χ4n) is 1.54. The van der Waals surface area contributed by atoms with E-state index in [9.17, 15) is 19.7 Å². The second kappa shape index (κ2) is 6.48. The predicted octanol–water partition coefficient (Wildman–Crippen LogP) is 1.40. The van der Waals surface area contributed by atoms with Crippen molar-refractivity contribution in [2.24, 2.45) is 0 Å². The lowest BCUT2D eigenvalue weighted by atomic mass is 10.3. The van der Waals surface area contributed by atoms with Crippen LogP contribution >= 0.6 is 0 Å². The van der Waals surface area contributed by atoms with E-state index < -0.39 is 16.7 Å². The topological polar surface area (TPSA) is 92.6 Å². The maximum Gasteiger partial charge on any atom is 0.313 e. The summed E-state index contributed by atoms with van der Waals surface area (Å²) in [5, 5.41) is 12.9. The molecule has 19 heavy (non-hydrogen) atoms. The van der Waals surface area contributed by atoms with Gasteiger partial charge in [-0.05, 0) is 19.9 Å². The van der Waals surface area contributed by atoms with Gasteiger partial charge in [-0.25, -0.2) is 0 Å². The Morgan fingerprint density at radius 3 is 2.47 bits per heavy atom. The third kappa shape index (κ3) is 3.77. The number of likely N-dealkylation sites (N-methyl/N-ethyl adjacent to an activating group) is 1. The van der Waals surface area contributed by atoms with Gasteiger partial charge in [0, 0.05) is 30.9 Å².